The summed E-state index contributed by atoms with van der Waals surface area (Å²) >= 11 is 0. The van der Waals surface area contributed by atoms with Gasteiger partial charge in [0.25, 0.3) is 11.8 Å². The zero-order chi connectivity index (χ0) is 58.1. The SMILES string of the molecule is CNC(=O)CCC(C)SSC(C)(C)CCC(=O)NCC(=O)NCC(=O)NCC(=O)Nc1cc(COc2cc3c(cc2OC)C(=O)N2c4ccccc4C[C@H]2CC3)cc(COc2cc3c(cc2OC)C(=O)N2c4ccccc4C[C@H]2CC3)c1. The Hall–Kier alpha value is -7.71. The number of aryl methyl sites for hydroxylation is 2. The maximum Gasteiger partial charge on any atom is 0.258 e. The first-order valence-electron chi connectivity index (χ1n) is 27.8. The first-order valence-corrected chi connectivity index (χ1v) is 30.0. The Morgan fingerprint density at radius 2 is 1.10 bits per heavy atom. The summed E-state index contributed by atoms with van der Waals surface area (Å²) in [5.41, 5.74) is 8.73. The minimum absolute atomic E-state index is 0.00354. The van der Waals surface area contributed by atoms with Crippen molar-refractivity contribution < 1.29 is 52.5 Å². The van der Waals surface area contributed by atoms with E-state index < -0.39 is 30.8 Å². The fourth-order valence-corrected chi connectivity index (χ4v) is 13.5. The van der Waals surface area contributed by atoms with E-state index in [0.29, 0.717) is 76.6 Å². The van der Waals surface area contributed by atoms with Crippen molar-refractivity contribution in [2.24, 2.45) is 0 Å². The third-order valence-corrected chi connectivity index (χ3v) is 19.2. The van der Waals surface area contributed by atoms with Crippen molar-refractivity contribution >= 4 is 80.0 Å². The summed E-state index contributed by atoms with van der Waals surface area (Å²) in [5.74, 6) is -0.506. The van der Waals surface area contributed by atoms with Gasteiger partial charge >= 0.3 is 0 Å². The summed E-state index contributed by atoms with van der Waals surface area (Å²) in [5, 5.41) is 13.4. The fourth-order valence-electron chi connectivity index (χ4n) is 10.9. The summed E-state index contributed by atoms with van der Waals surface area (Å²) < 4.78 is 24.4. The van der Waals surface area contributed by atoms with Crippen molar-refractivity contribution in [2.75, 3.05) is 56.0 Å². The van der Waals surface area contributed by atoms with Crippen LogP contribution >= 0.6 is 21.6 Å². The number of carbonyl (C=O) groups is 7. The minimum Gasteiger partial charge on any atom is -0.493 e. The molecule has 0 bridgehead atoms. The highest BCUT2D eigenvalue weighted by molar-refractivity contribution is 8.77. The molecule has 0 fully saturated rings. The standard InChI is InChI=1S/C62H71N7O11S2/c1-37(15-20-55(70)63-4)81-82-62(2,3)22-21-56(71)64-32-57(72)65-33-58(73)66-34-59(74)67-44-24-38(35-79-53-28-40-16-18-45-26-42-11-7-9-13-49(42)68(45)60(75)47(40)30-51(53)77-5)23-39(25-44)36-80-54-29-41-17-19-46-27-43-12-8-10-14-50(43)69(46)61(76)48(41)31-52(54)78-6/h7-14,23-25,28-31,37,45-46H,15-22,26-27,32-36H2,1-6H3,(H,63,70)(H,64,71)(H,65,72)(H,66,73)(H,67,74)/t37?,45-,46-/m1/s1. The van der Waals surface area contributed by atoms with E-state index in [1.165, 1.54) is 14.2 Å². The molecule has 5 aromatic carbocycles. The Morgan fingerprint density at radius 1 is 0.610 bits per heavy atom. The molecule has 1 unspecified atom stereocenters. The molecule has 0 aliphatic carbocycles. The van der Waals surface area contributed by atoms with Gasteiger partial charge in [-0.05, 0) is 153 Å². The predicted octanol–water partition coefficient (Wildman–Crippen LogP) is 8.04. The summed E-state index contributed by atoms with van der Waals surface area (Å²) in [7, 11) is 8.02. The number of fused-ring (bicyclic) bond motifs is 8. The van der Waals surface area contributed by atoms with Crippen LogP contribution in [-0.4, -0.2) is 104 Å². The second-order valence-electron chi connectivity index (χ2n) is 21.7. The quantitative estimate of drug-likeness (QED) is 0.0370. The molecule has 432 valence electrons. The van der Waals surface area contributed by atoms with Crippen LogP contribution < -0.4 is 55.3 Å². The number of nitrogens with zero attached hydrogens (tertiary/aromatic N) is 2. The van der Waals surface area contributed by atoms with Gasteiger partial charge in [-0.1, -0.05) is 64.9 Å². The van der Waals surface area contributed by atoms with Gasteiger partial charge in [-0.3, -0.25) is 33.6 Å². The fraction of sp³-hybridized carbons (Fsp3) is 0.403. The second kappa shape index (κ2) is 26.5. The van der Waals surface area contributed by atoms with Crippen LogP contribution in [0.2, 0.25) is 0 Å². The highest BCUT2D eigenvalue weighted by Gasteiger charge is 2.39. The molecule has 3 atom stereocenters. The largest absolute Gasteiger partial charge is 0.493 e. The molecule has 9 rings (SSSR count). The van der Waals surface area contributed by atoms with Gasteiger partial charge in [0, 0.05) is 70.2 Å². The predicted molar refractivity (Wildman–Crippen MR) is 318 cm³/mol. The van der Waals surface area contributed by atoms with Crippen LogP contribution in [0.5, 0.6) is 23.0 Å². The van der Waals surface area contributed by atoms with Gasteiger partial charge in [0.15, 0.2) is 23.0 Å². The molecule has 18 nitrogen and oxygen atoms in total. The molecular weight excluding hydrogens is 1080 g/mol. The van der Waals surface area contributed by atoms with Gasteiger partial charge in [0.1, 0.15) is 13.2 Å². The van der Waals surface area contributed by atoms with Crippen LogP contribution in [0.25, 0.3) is 0 Å². The van der Waals surface area contributed by atoms with E-state index in [-0.39, 0.29) is 71.9 Å². The molecule has 0 saturated heterocycles. The van der Waals surface area contributed by atoms with E-state index in [1.54, 1.807) is 52.9 Å². The van der Waals surface area contributed by atoms with Crippen LogP contribution in [0.1, 0.15) is 113 Å². The number of nitrogens with one attached hydrogen (secondary N) is 5. The van der Waals surface area contributed by atoms with Crippen molar-refractivity contribution in [1.82, 2.24) is 21.3 Å². The van der Waals surface area contributed by atoms with E-state index >= 15 is 0 Å². The number of para-hydroxylation sites is 2. The molecule has 0 aromatic heterocycles. The maximum absolute atomic E-state index is 14.2. The molecule has 7 amide bonds. The zero-order valence-corrected chi connectivity index (χ0v) is 48.8. The Labute approximate surface area is 486 Å². The highest BCUT2D eigenvalue weighted by Crippen LogP contribution is 2.44. The van der Waals surface area contributed by atoms with Crippen LogP contribution in [0.4, 0.5) is 17.1 Å². The van der Waals surface area contributed by atoms with Gasteiger partial charge in [0.2, 0.25) is 29.5 Å². The van der Waals surface area contributed by atoms with Crippen LogP contribution in [-0.2, 0) is 62.9 Å². The van der Waals surface area contributed by atoms with Crippen LogP contribution in [0.15, 0.2) is 91.0 Å². The molecule has 20 heteroatoms. The van der Waals surface area contributed by atoms with E-state index in [9.17, 15) is 33.6 Å². The van der Waals surface area contributed by atoms with Gasteiger partial charge < -0.3 is 55.3 Å². The molecular formula is C62H71N7O11S2. The molecule has 0 saturated carbocycles. The van der Waals surface area contributed by atoms with Crippen molar-refractivity contribution in [3.8, 4) is 23.0 Å². The Balaban J connectivity index is 0.833. The summed E-state index contributed by atoms with van der Waals surface area (Å²) in [6, 6.07) is 28.8. The molecule has 0 radical (unpaired) electrons. The third kappa shape index (κ3) is 14.3. The maximum atomic E-state index is 14.2. The Kier molecular flexibility index (Phi) is 19.0. The van der Waals surface area contributed by atoms with Gasteiger partial charge in [-0.25, -0.2) is 0 Å². The van der Waals surface area contributed by atoms with Crippen molar-refractivity contribution in [2.45, 2.75) is 120 Å². The lowest BCUT2D eigenvalue weighted by Crippen LogP contribution is -2.43. The normalized spacial score (nSPS) is 16.1. The number of carbonyl (C=O) groups excluding carboxylic acids is 7. The van der Waals surface area contributed by atoms with Crippen molar-refractivity contribution in [3.63, 3.8) is 0 Å². The monoisotopic (exact) mass is 1150 g/mol. The van der Waals surface area contributed by atoms with Crippen molar-refractivity contribution in [1.29, 1.82) is 0 Å². The van der Waals surface area contributed by atoms with Gasteiger partial charge in [0.05, 0.1) is 33.9 Å². The van der Waals surface area contributed by atoms with Crippen molar-refractivity contribution in [3.05, 3.63) is 136 Å². The van der Waals surface area contributed by atoms with Crippen LogP contribution in [0, 0.1) is 0 Å². The van der Waals surface area contributed by atoms with E-state index in [0.717, 1.165) is 65.7 Å². The van der Waals surface area contributed by atoms with E-state index in [2.05, 4.69) is 45.6 Å². The first kappa shape index (κ1) is 58.9. The number of rotatable bonds is 24. The molecule has 5 aromatic rings. The topological polar surface area (TPSA) is 223 Å². The lowest BCUT2D eigenvalue weighted by Gasteiger charge is -2.24. The third-order valence-electron chi connectivity index (χ3n) is 15.2. The first-order chi connectivity index (χ1) is 39.5. The average Bonchev–Trinajstić information content (AvgIpc) is 4.19. The number of benzene rings is 5. The molecule has 0 spiro atoms. The number of methoxy groups -OCH3 is 2. The molecule has 4 aliphatic heterocycles. The average molecular weight is 1150 g/mol. The van der Waals surface area contributed by atoms with Crippen LogP contribution in [0.3, 0.4) is 0 Å². The summed E-state index contributed by atoms with van der Waals surface area (Å²) in [6.07, 6.45) is 6.43. The Bertz CT molecular complexity index is 3110. The molecule has 4 aliphatic rings. The lowest BCUT2D eigenvalue weighted by atomic mass is 9.99. The van der Waals surface area contributed by atoms with E-state index in [4.69, 9.17) is 18.9 Å². The highest BCUT2D eigenvalue weighted by atomic mass is 33.1. The molecule has 82 heavy (non-hydrogen) atoms. The van der Waals surface area contributed by atoms with E-state index in [1.807, 2.05) is 78.2 Å². The number of anilines is 3. The number of hydrogen-bond donors (Lipinski definition) is 5. The lowest BCUT2D eigenvalue weighted by molar-refractivity contribution is -0.128. The minimum atomic E-state index is -0.616. The van der Waals surface area contributed by atoms with Gasteiger partial charge in [-0.15, -0.1) is 0 Å². The summed E-state index contributed by atoms with van der Waals surface area (Å²) in [4.78, 5) is 95.3. The number of amides is 7. The summed E-state index contributed by atoms with van der Waals surface area (Å²) in [6.45, 7) is 5.05. The smallest absolute Gasteiger partial charge is 0.258 e. The zero-order valence-electron chi connectivity index (χ0n) is 47.2. The molecule has 4 heterocycles. The Morgan fingerprint density at radius 3 is 1.60 bits per heavy atom. The second-order valence-corrected chi connectivity index (χ2v) is 25.0. The molecule has 5 N–H and O–H groups in total. The van der Waals surface area contributed by atoms with Gasteiger partial charge in [-0.2, -0.15) is 0 Å². The number of hydrogen-bond acceptors (Lipinski definition) is 13. The number of ether oxygens (including phenoxy) is 4.